The Labute approximate surface area is 152 Å². The van der Waals surface area contributed by atoms with Crippen LogP contribution in [0.5, 0.6) is 0 Å². The van der Waals surface area contributed by atoms with Crippen molar-refractivity contribution < 1.29 is 9.26 Å². The van der Waals surface area contributed by atoms with E-state index in [1.54, 1.807) is 0 Å². The smallest absolute Gasteiger partial charge is 0.258 e. The Morgan fingerprint density at radius 2 is 1.77 bits per heavy atom. The molecule has 2 N–H and O–H groups in total. The molecule has 1 fully saturated rings. The lowest BCUT2D eigenvalue weighted by atomic mass is 10.1. The van der Waals surface area contributed by atoms with Gasteiger partial charge in [0.1, 0.15) is 0 Å². The quantitative estimate of drug-likeness (QED) is 0.762. The molecule has 4 rings (SSSR count). The van der Waals surface area contributed by atoms with Crippen molar-refractivity contribution in [2.24, 2.45) is 5.73 Å². The maximum Gasteiger partial charge on any atom is 0.258 e. The number of morpholine rings is 1. The largest absolute Gasteiger partial charge is 0.379 e. The van der Waals surface area contributed by atoms with Gasteiger partial charge in [-0.05, 0) is 17.2 Å². The van der Waals surface area contributed by atoms with E-state index in [4.69, 9.17) is 15.0 Å². The average molecular weight is 350 g/mol. The molecule has 3 aromatic rings. The molecule has 134 valence electrons. The Bertz CT molecular complexity index is 854. The molecule has 26 heavy (non-hydrogen) atoms. The molecule has 2 heterocycles. The van der Waals surface area contributed by atoms with Crippen molar-refractivity contribution in [2.75, 3.05) is 26.3 Å². The number of hydrogen-bond acceptors (Lipinski definition) is 6. The van der Waals surface area contributed by atoms with E-state index in [0.29, 0.717) is 18.3 Å². The Morgan fingerprint density at radius 3 is 2.54 bits per heavy atom. The Balaban J connectivity index is 1.58. The standard InChI is InChI=1S/C20H22N4O2/c21-13-15-5-7-16(8-6-15)19-22-20(26-23-19)18-4-2-1-3-17(18)14-24-9-11-25-12-10-24/h1-8H,9-14,21H2. The molecular weight excluding hydrogens is 328 g/mol. The molecule has 0 aliphatic carbocycles. The molecule has 0 unspecified atom stereocenters. The van der Waals surface area contributed by atoms with Crippen LogP contribution in [0.2, 0.25) is 0 Å². The molecule has 2 aromatic carbocycles. The van der Waals surface area contributed by atoms with Crippen molar-refractivity contribution in [1.82, 2.24) is 15.0 Å². The molecule has 0 radical (unpaired) electrons. The lowest BCUT2D eigenvalue weighted by molar-refractivity contribution is 0.0342. The van der Waals surface area contributed by atoms with Gasteiger partial charge in [-0.2, -0.15) is 4.98 Å². The molecule has 6 heteroatoms. The number of ether oxygens (including phenoxy) is 1. The second kappa shape index (κ2) is 7.78. The van der Waals surface area contributed by atoms with Gasteiger partial charge in [-0.25, -0.2) is 0 Å². The first-order valence-corrected chi connectivity index (χ1v) is 8.85. The van der Waals surface area contributed by atoms with Gasteiger partial charge in [-0.3, -0.25) is 4.90 Å². The fraction of sp³-hybridized carbons (Fsp3) is 0.300. The normalized spacial score (nSPS) is 15.3. The molecule has 0 spiro atoms. The summed E-state index contributed by atoms with van der Waals surface area (Å²) >= 11 is 0. The van der Waals surface area contributed by atoms with E-state index in [1.165, 1.54) is 5.56 Å². The van der Waals surface area contributed by atoms with Crippen LogP contribution in [0.4, 0.5) is 0 Å². The van der Waals surface area contributed by atoms with E-state index in [2.05, 4.69) is 21.1 Å². The highest BCUT2D eigenvalue weighted by atomic mass is 16.5. The predicted octanol–water partition coefficient (Wildman–Crippen LogP) is 2.69. The van der Waals surface area contributed by atoms with Crippen molar-refractivity contribution >= 4 is 0 Å². The van der Waals surface area contributed by atoms with Crippen molar-refractivity contribution in [1.29, 1.82) is 0 Å². The van der Waals surface area contributed by atoms with Crippen LogP contribution in [0.25, 0.3) is 22.8 Å². The van der Waals surface area contributed by atoms with Crippen LogP contribution in [0.15, 0.2) is 53.1 Å². The number of nitrogens with two attached hydrogens (primary N) is 1. The molecule has 1 saturated heterocycles. The summed E-state index contributed by atoms with van der Waals surface area (Å²) in [6, 6.07) is 16.1. The molecule has 0 amide bonds. The highest BCUT2D eigenvalue weighted by Gasteiger charge is 2.17. The monoisotopic (exact) mass is 350 g/mol. The zero-order valence-electron chi connectivity index (χ0n) is 14.6. The Morgan fingerprint density at radius 1 is 1.00 bits per heavy atom. The Kier molecular flexibility index (Phi) is 5.06. The SMILES string of the molecule is NCc1ccc(-c2noc(-c3ccccc3CN3CCOCC3)n2)cc1. The molecule has 1 aliphatic heterocycles. The van der Waals surface area contributed by atoms with Crippen molar-refractivity contribution in [2.45, 2.75) is 13.1 Å². The molecule has 0 saturated carbocycles. The summed E-state index contributed by atoms with van der Waals surface area (Å²) in [5.41, 5.74) is 9.81. The summed E-state index contributed by atoms with van der Waals surface area (Å²) in [5, 5.41) is 4.16. The van der Waals surface area contributed by atoms with Gasteiger partial charge in [0.2, 0.25) is 5.82 Å². The lowest BCUT2D eigenvalue weighted by Gasteiger charge is -2.27. The molecule has 6 nitrogen and oxygen atoms in total. The van der Waals surface area contributed by atoms with Crippen molar-refractivity contribution in [3.05, 3.63) is 59.7 Å². The van der Waals surface area contributed by atoms with Crippen LogP contribution in [0, 0.1) is 0 Å². The summed E-state index contributed by atoms with van der Waals surface area (Å²) in [6.45, 7) is 4.82. The van der Waals surface area contributed by atoms with Crippen molar-refractivity contribution in [3.8, 4) is 22.8 Å². The molecule has 0 bridgehead atoms. The summed E-state index contributed by atoms with van der Waals surface area (Å²) in [6.07, 6.45) is 0. The molecule has 1 aromatic heterocycles. The summed E-state index contributed by atoms with van der Waals surface area (Å²) in [7, 11) is 0. The highest BCUT2D eigenvalue weighted by Crippen LogP contribution is 2.26. The van der Waals surface area contributed by atoms with E-state index in [-0.39, 0.29) is 0 Å². The van der Waals surface area contributed by atoms with Gasteiger partial charge in [0, 0.05) is 37.3 Å². The minimum atomic E-state index is 0.521. The summed E-state index contributed by atoms with van der Waals surface area (Å²) in [5.74, 6) is 1.14. The fourth-order valence-electron chi connectivity index (χ4n) is 3.11. The Hall–Kier alpha value is -2.54. The summed E-state index contributed by atoms with van der Waals surface area (Å²) < 4.78 is 11.0. The second-order valence-electron chi connectivity index (χ2n) is 6.37. The van der Waals surface area contributed by atoms with Crippen LogP contribution < -0.4 is 5.73 Å². The highest BCUT2D eigenvalue weighted by molar-refractivity contribution is 5.62. The first-order chi connectivity index (χ1) is 12.8. The van der Waals surface area contributed by atoms with Gasteiger partial charge in [-0.15, -0.1) is 0 Å². The first kappa shape index (κ1) is 16.9. The van der Waals surface area contributed by atoms with Crippen molar-refractivity contribution in [3.63, 3.8) is 0 Å². The topological polar surface area (TPSA) is 77.4 Å². The molecule has 0 atom stereocenters. The van der Waals surface area contributed by atoms with Crippen LogP contribution in [-0.2, 0) is 17.8 Å². The zero-order valence-corrected chi connectivity index (χ0v) is 14.6. The fourth-order valence-corrected chi connectivity index (χ4v) is 3.11. The third kappa shape index (κ3) is 3.67. The molecule has 1 aliphatic rings. The van der Waals surface area contributed by atoms with E-state index in [0.717, 1.165) is 49.5 Å². The van der Waals surface area contributed by atoms with Gasteiger partial charge in [0.25, 0.3) is 5.89 Å². The van der Waals surface area contributed by atoms with Gasteiger partial charge >= 0.3 is 0 Å². The maximum atomic E-state index is 5.65. The lowest BCUT2D eigenvalue weighted by Crippen LogP contribution is -2.35. The number of aromatic nitrogens is 2. The van der Waals surface area contributed by atoms with E-state index in [9.17, 15) is 0 Å². The van der Waals surface area contributed by atoms with Crippen LogP contribution in [-0.4, -0.2) is 41.3 Å². The first-order valence-electron chi connectivity index (χ1n) is 8.85. The molecular formula is C20H22N4O2. The number of nitrogens with zero attached hydrogens (tertiary/aromatic N) is 3. The van der Waals surface area contributed by atoms with Crippen LogP contribution >= 0.6 is 0 Å². The van der Waals surface area contributed by atoms with E-state index < -0.39 is 0 Å². The van der Waals surface area contributed by atoms with E-state index in [1.807, 2.05) is 42.5 Å². The second-order valence-corrected chi connectivity index (χ2v) is 6.37. The minimum absolute atomic E-state index is 0.521. The van der Waals surface area contributed by atoms with Crippen LogP contribution in [0.1, 0.15) is 11.1 Å². The zero-order chi connectivity index (χ0) is 17.8. The maximum absolute atomic E-state index is 5.65. The average Bonchev–Trinajstić information content (AvgIpc) is 3.19. The third-order valence-corrected chi connectivity index (χ3v) is 4.62. The minimum Gasteiger partial charge on any atom is -0.379 e. The van der Waals surface area contributed by atoms with Gasteiger partial charge in [0.05, 0.1) is 13.2 Å². The number of benzene rings is 2. The van der Waals surface area contributed by atoms with E-state index >= 15 is 0 Å². The number of hydrogen-bond donors (Lipinski definition) is 1. The predicted molar refractivity (Wildman–Crippen MR) is 99.2 cm³/mol. The van der Waals surface area contributed by atoms with Crippen LogP contribution in [0.3, 0.4) is 0 Å². The van der Waals surface area contributed by atoms with Gasteiger partial charge < -0.3 is 15.0 Å². The summed E-state index contributed by atoms with van der Waals surface area (Å²) in [4.78, 5) is 6.99. The van der Waals surface area contributed by atoms with Gasteiger partial charge in [-0.1, -0.05) is 47.6 Å². The van der Waals surface area contributed by atoms with Gasteiger partial charge in [0.15, 0.2) is 0 Å². The number of rotatable bonds is 5. The third-order valence-electron chi connectivity index (χ3n) is 4.62.